The molecule has 0 bridgehead atoms. The van der Waals surface area contributed by atoms with E-state index in [4.69, 9.17) is 9.47 Å². The van der Waals surface area contributed by atoms with Crippen molar-refractivity contribution in [2.75, 3.05) is 19.5 Å². The van der Waals surface area contributed by atoms with Crippen molar-refractivity contribution in [3.05, 3.63) is 47.2 Å². The van der Waals surface area contributed by atoms with Crippen molar-refractivity contribution in [1.29, 1.82) is 0 Å². The Kier molecular flexibility index (Phi) is 3.93. The van der Waals surface area contributed by atoms with E-state index in [1.807, 2.05) is 36.4 Å². The van der Waals surface area contributed by atoms with E-state index < -0.39 is 0 Å². The molecule has 6 nitrogen and oxygen atoms in total. The molecule has 0 aliphatic rings. The van der Waals surface area contributed by atoms with Gasteiger partial charge in [-0.05, 0) is 34.1 Å². The number of H-pyrrole nitrogens is 1. The molecular formula is C18H15BrN4O2. The second-order valence-corrected chi connectivity index (χ2v) is 6.28. The fourth-order valence-electron chi connectivity index (χ4n) is 2.81. The molecule has 25 heavy (non-hydrogen) atoms. The van der Waals surface area contributed by atoms with Crippen LogP contribution in [0.1, 0.15) is 0 Å². The van der Waals surface area contributed by atoms with Crippen molar-refractivity contribution in [1.82, 2.24) is 15.0 Å². The van der Waals surface area contributed by atoms with Crippen LogP contribution in [0.4, 0.5) is 11.5 Å². The van der Waals surface area contributed by atoms with E-state index in [0.29, 0.717) is 17.3 Å². The highest BCUT2D eigenvalue weighted by Crippen LogP contribution is 2.37. The summed E-state index contributed by atoms with van der Waals surface area (Å²) in [6, 6.07) is 11.7. The third kappa shape index (κ3) is 2.66. The first-order chi connectivity index (χ1) is 12.2. The lowest BCUT2D eigenvalue weighted by Gasteiger charge is -2.08. The first-order valence-electron chi connectivity index (χ1n) is 7.61. The van der Waals surface area contributed by atoms with Crippen LogP contribution in [0.2, 0.25) is 0 Å². The van der Waals surface area contributed by atoms with Gasteiger partial charge in [0.15, 0.2) is 17.3 Å². The average molecular weight is 399 g/mol. The summed E-state index contributed by atoms with van der Waals surface area (Å²) in [6.45, 7) is 0. The summed E-state index contributed by atoms with van der Waals surface area (Å²) in [7, 11) is 3.24. The Morgan fingerprint density at radius 2 is 1.80 bits per heavy atom. The Bertz CT molecular complexity index is 1080. The maximum absolute atomic E-state index is 5.40. The van der Waals surface area contributed by atoms with Crippen LogP contribution in [0.5, 0.6) is 11.5 Å². The molecule has 2 heterocycles. The zero-order valence-corrected chi connectivity index (χ0v) is 15.2. The second-order valence-electron chi connectivity index (χ2n) is 5.43. The van der Waals surface area contributed by atoms with E-state index in [0.717, 1.165) is 32.1 Å². The Hall–Kier alpha value is -2.80. The van der Waals surface area contributed by atoms with Gasteiger partial charge in [0.25, 0.3) is 0 Å². The van der Waals surface area contributed by atoms with Gasteiger partial charge in [0, 0.05) is 15.9 Å². The van der Waals surface area contributed by atoms with Crippen LogP contribution < -0.4 is 14.8 Å². The molecule has 0 saturated heterocycles. The Morgan fingerprint density at radius 1 is 1.04 bits per heavy atom. The van der Waals surface area contributed by atoms with Crippen LogP contribution >= 0.6 is 15.9 Å². The number of aromatic nitrogens is 3. The molecule has 0 atom stereocenters. The molecule has 0 spiro atoms. The van der Waals surface area contributed by atoms with Crippen molar-refractivity contribution in [3.63, 3.8) is 0 Å². The predicted molar refractivity (Wildman–Crippen MR) is 102 cm³/mol. The number of nitrogens with zero attached hydrogens (tertiary/aromatic N) is 2. The number of halogens is 1. The van der Waals surface area contributed by atoms with Gasteiger partial charge in [-0.3, -0.25) is 0 Å². The lowest BCUT2D eigenvalue weighted by molar-refractivity contribution is 0.356. The highest BCUT2D eigenvalue weighted by Gasteiger charge is 2.15. The van der Waals surface area contributed by atoms with Crippen LogP contribution in [0.25, 0.3) is 21.9 Å². The summed E-state index contributed by atoms with van der Waals surface area (Å²) >= 11 is 3.54. The Morgan fingerprint density at radius 3 is 2.56 bits per heavy atom. The van der Waals surface area contributed by atoms with Gasteiger partial charge in [-0.15, -0.1) is 0 Å². The number of anilines is 2. The normalized spacial score (nSPS) is 11.0. The lowest BCUT2D eigenvalue weighted by Crippen LogP contribution is -1.96. The van der Waals surface area contributed by atoms with Gasteiger partial charge >= 0.3 is 0 Å². The number of aromatic amines is 1. The molecule has 2 aromatic heterocycles. The minimum atomic E-state index is 0.662. The summed E-state index contributed by atoms with van der Waals surface area (Å²) in [6.07, 6.45) is 1.55. The number of nitrogens with one attached hydrogen (secondary N) is 2. The molecule has 126 valence electrons. The Labute approximate surface area is 152 Å². The van der Waals surface area contributed by atoms with E-state index in [-0.39, 0.29) is 0 Å². The molecule has 2 aromatic carbocycles. The van der Waals surface area contributed by atoms with E-state index >= 15 is 0 Å². The molecule has 4 aromatic rings. The SMILES string of the molecule is COc1cc2[nH]c3c(Nc4ccccc4Br)ncnc3c2cc1OC. The van der Waals surface area contributed by atoms with Crippen LogP contribution in [-0.2, 0) is 0 Å². The van der Waals surface area contributed by atoms with Gasteiger partial charge in [-0.25, -0.2) is 9.97 Å². The minimum Gasteiger partial charge on any atom is -0.493 e. The lowest BCUT2D eigenvalue weighted by atomic mass is 10.2. The standard InChI is InChI=1S/C18H15BrN4O2/c1-24-14-7-10-13(8-15(14)25-2)22-17-16(10)20-9-21-18(17)23-12-6-4-3-5-11(12)19/h3-9,22H,1-2H3,(H,20,21,23). The van der Waals surface area contributed by atoms with Crippen molar-refractivity contribution in [2.24, 2.45) is 0 Å². The van der Waals surface area contributed by atoms with E-state index in [1.54, 1.807) is 20.5 Å². The average Bonchev–Trinajstić information content (AvgIpc) is 3.01. The fraction of sp³-hybridized carbons (Fsp3) is 0.111. The number of methoxy groups -OCH3 is 2. The van der Waals surface area contributed by atoms with Crippen molar-refractivity contribution in [2.45, 2.75) is 0 Å². The molecule has 0 saturated carbocycles. The molecule has 0 aliphatic heterocycles. The quantitative estimate of drug-likeness (QED) is 0.523. The zero-order valence-electron chi connectivity index (χ0n) is 13.6. The summed E-state index contributed by atoms with van der Waals surface area (Å²) in [4.78, 5) is 12.2. The first kappa shape index (κ1) is 15.7. The number of hydrogen-bond donors (Lipinski definition) is 2. The van der Waals surface area contributed by atoms with Crippen molar-refractivity contribution < 1.29 is 9.47 Å². The monoisotopic (exact) mass is 398 g/mol. The van der Waals surface area contributed by atoms with Crippen LogP contribution in [0.3, 0.4) is 0 Å². The molecule has 0 radical (unpaired) electrons. The summed E-state index contributed by atoms with van der Waals surface area (Å²) in [5.74, 6) is 2.02. The first-order valence-corrected chi connectivity index (χ1v) is 8.40. The highest BCUT2D eigenvalue weighted by molar-refractivity contribution is 9.10. The number of para-hydroxylation sites is 1. The van der Waals surface area contributed by atoms with Gasteiger partial charge in [0.05, 0.1) is 25.4 Å². The topological polar surface area (TPSA) is 72.1 Å². The van der Waals surface area contributed by atoms with E-state index in [2.05, 4.69) is 36.2 Å². The van der Waals surface area contributed by atoms with Gasteiger partial charge in [0.1, 0.15) is 17.4 Å². The number of ether oxygens (including phenoxy) is 2. The summed E-state index contributed by atoms with van der Waals surface area (Å²) < 4.78 is 11.7. The van der Waals surface area contributed by atoms with Gasteiger partial charge in [0.2, 0.25) is 0 Å². The number of hydrogen-bond acceptors (Lipinski definition) is 5. The van der Waals surface area contributed by atoms with Crippen molar-refractivity contribution in [3.8, 4) is 11.5 Å². The van der Waals surface area contributed by atoms with E-state index in [9.17, 15) is 0 Å². The molecule has 4 rings (SSSR count). The molecule has 0 aliphatic carbocycles. The van der Waals surface area contributed by atoms with Crippen LogP contribution in [0.15, 0.2) is 47.2 Å². The summed E-state index contributed by atoms with van der Waals surface area (Å²) in [5, 5.41) is 4.29. The molecule has 0 unspecified atom stereocenters. The minimum absolute atomic E-state index is 0.662. The smallest absolute Gasteiger partial charge is 0.162 e. The van der Waals surface area contributed by atoms with Gasteiger partial charge in [-0.2, -0.15) is 0 Å². The fourth-order valence-corrected chi connectivity index (χ4v) is 3.19. The van der Waals surface area contributed by atoms with Crippen LogP contribution in [0, 0.1) is 0 Å². The van der Waals surface area contributed by atoms with Gasteiger partial charge < -0.3 is 19.8 Å². The molecular weight excluding hydrogens is 384 g/mol. The van der Waals surface area contributed by atoms with E-state index in [1.165, 1.54) is 0 Å². The number of rotatable bonds is 4. The zero-order chi connectivity index (χ0) is 17.4. The molecule has 0 amide bonds. The molecule has 0 fully saturated rings. The van der Waals surface area contributed by atoms with Crippen LogP contribution in [-0.4, -0.2) is 29.2 Å². The highest BCUT2D eigenvalue weighted by atomic mass is 79.9. The second kappa shape index (κ2) is 6.25. The van der Waals surface area contributed by atoms with Crippen molar-refractivity contribution >= 4 is 49.4 Å². The number of benzene rings is 2. The largest absolute Gasteiger partial charge is 0.493 e. The summed E-state index contributed by atoms with van der Waals surface area (Å²) in [5.41, 5.74) is 3.48. The number of fused-ring (bicyclic) bond motifs is 3. The van der Waals surface area contributed by atoms with Gasteiger partial charge in [-0.1, -0.05) is 12.1 Å². The predicted octanol–water partition coefficient (Wildman–Crippen LogP) is 4.63. The molecule has 7 heteroatoms. The Balaban J connectivity index is 1.91. The third-order valence-corrected chi connectivity index (χ3v) is 4.70. The third-order valence-electron chi connectivity index (χ3n) is 4.01. The molecule has 2 N–H and O–H groups in total. The maximum atomic E-state index is 5.40. The maximum Gasteiger partial charge on any atom is 0.162 e.